The van der Waals surface area contributed by atoms with Gasteiger partial charge < -0.3 is 10.4 Å². The van der Waals surface area contributed by atoms with Gasteiger partial charge in [-0.05, 0) is 33.7 Å². The van der Waals surface area contributed by atoms with Gasteiger partial charge in [0.2, 0.25) is 0 Å². The molecule has 1 aliphatic rings. The molecule has 1 atom stereocenters. The first-order valence-corrected chi connectivity index (χ1v) is 4.66. The monoisotopic (exact) mass is 222 g/mol. The lowest BCUT2D eigenvalue weighted by molar-refractivity contribution is 0.0758. The van der Waals surface area contributed by atoms with E-state index in [0.717, 1.165) is 19.5 Å². The summed E-state index contributed by atoms with van der Waals surface area (Å²) in [6.45, 7) is 7.49. The number of halogens is 1. The molecule has 0 aromatic rings. The van der Waals surface area contributed by atoms with E-state index in [0.29, 0.717) is 0 Å². The van der Waals surface area contributed by atoms with E-state index in [9.17, 15) is 4.79 Å². The second kappa shape index (κ2) is 4.84. The first kappa shape index (κ1) is 13.5. The Balaban J connectivity index is 0.00000169. The lowest BCUT2D eigenvalue weighted by atomic mass is 10.0. The van der Waals surface area contributed by atoms with Crippen LogP contribution in [0.25, 0.3) is 0 Å². The Morgan fingerprint density at radius 3 is 2.36 bits per heavy atom. The zero-order chi connectivity index (χ0) is 10.1. The smallest absolute Gasteiger partial charge is 0.408 e. The van der Waals surface area contributed by atoms with E-state index in [4.69, 9.17) is 5.11 Å². The first-order chi connectivity index (χ1) is 5.93. The van der Waals surface area contributed by atoms with Crippen LogP contribution in [-0.2, 0) is 0 Å². The van der Waals surface area contributed by atoms with Gasteiger partial charge in [-0.25, -0.2) is 4.79 Å². The Hall–Kier alpha value is -0.480. The van der Waals surface area contributed by atoms with Gasteiger partial charge in [0.25, 0.3) is 0 Å². The van der Waals surface area contributed by atoms with Gasteiger partial charge in [0.05, 0.1) is 0 Å². The standard InChI is InChI=1S/C9H18N2O2.ClH/c1-9(2,3)11(8(12)13)7-4-5-10-6-7;/h7,10H,4-6H2,1-3H3,(H,12,13);1H. The van der Waals surface area contributed by atoms with E-state index in [1.807, 2.05) is 20.8 Å². The number of hydrogen-bond donors (Lipinski definition) is 2. The minimum absolute atomic E-state index is 0. The second-order valence-electron chi connectivity index (χ2n) is 4.47. The van der Waals surface area contributed by atoms with Crippen LogP contribution in [0.4, 0.5) is 4.79 Å². The highest BCUT2D eigenvalue weighted by atomic mass is 35.5. The molecule has 1 fully saturated rings. The number of nitrogens with one attached hydrogen (secondary N) is 1. The van der Waals surface area contributed by atoms with Crippen molar-refractivity contribution < 1.29 is 9.90 Å². The fourth-order valence-corrected chi connectivity index (χ4v) is 1.85. The van der Waals surface area contributed by atoms with E-state index in [1.54, 1.807) is 4.90 Å². The van der Waals surface area contributed by atoms with E-state index in [2.05, 4.69) is 5.32 Å². The van der Waals surface area contributed by atoms with Gasteiger partial charge in [-0.15, -0.1) is 12.4 Å². The lowest BCUT2D eigenvalue weighted by Gasteiger charge is -2.37. The largest absolute Gasteiger partial charge is 0.465 e. The average Bonchev–Trinajstić information content (AvgIpc) is 2.34. The molecule has 1 heterocycles. The van der Waals surface area contributed by atoms with Crippen molar-refractivity contribution in [3.05, 3.63) is 0 Å². The maximum atomic E-state index is 11.0. The molecule has 0 aliphatic carbocycles. The summed E-state index contributed by atoms with van der Waals surface area (Å²) in [6, 6.07) is 0.137. The molecule has 0 saturated carbocycles. The zero-order valence-corrected chi connectivity index (χ0v) is 9.73. The maximum Gasteiger partial charge on any atom is 0.408 e. The minimum atomic E-state index is -0.818. The molecule has 5 heteroatoms. The summed E-state index contributed by atoms with van der Waals surface area (Å²) in [5.74, 6) is 0. The third-order valence-corrected chi connectivity index (χ3v) is 2.33. The molecule has 1 amide bonds. The van der Waals surface area contributed by atoms with E-state index in [1.165, 1.54) is 0 Å². The molecule has 0 spiro atoms. The van der Waals surface area contributed by atoms with Crippen molar-refractivity contribution in [2.45, 2.75) is 38.8 Å². The molecular weight excluding hydrogens is 204 g/mol. The van der Waals surface area contributed by atoms with Crippen molar-refractivity contribution in [3.63, 3.8) is 0 Å². The van der Waals surface area contributed by atoms with Crippen molar-refractivity contribution in [1.29, 1.82) is 0 Å². The fourth-order valence-electron chi connectivity index (χ4n) is 1.85. The average molecular weight is 223 g/mol. The van der Waals surface area contributed by atoms with Crippen LogP contribution in [0, 0.1) is 0 Å². The van der Waals surface area contributed by atoms with Gasteiger partial charge in [-0.1, -0.05) is 0 Å². The molecular formula is C9H19ClN2O2. The summed E-state index contributed by atoms with van der Waals surface area (Å²) >= 11 is 0. The molecule has 14 heavy (non-hydrogen) atoms. The van der Waals surface area contributed by atoms with Crippen molar-refractivity contribution in [2.75, 3.05) is 13.1 Å². The normalized spacial score (nSPS) is 21.5. The topological polar surface area (TPSA) is 52.6 Å². The highest BCUT2D eigenvalue weighted by Crippen LogP contribution is 2.20. The van der Waals surface area contributed by atoms with E-state index >= 15 is 0 Å². The Morgan fingerprint density at radius 1 is 1.50 bits per heavy atom. The van der Waals surface area contributed by atoms with Crippen LogP contribution < -0.4 is 5.32 Å². The van der Waals surface area contributed by atoms with Crippen LogP contribution in [0.15, 0.2) is 0 Å². The molecule has 0 aromatic carbocycles. The fraction of sp³-hybridized carbons (Fsp3) is 0.889. The van der Waals surface area contributed by atoms with Crippen molar-refractivity contribution in [1.82, 2.24) is 10.2 Å². The van der Waals surface area contributed by atoms with Crippen LogP contribution in [0.2, 0.25) is 0 Å². The summed E-state index contributed by atoms with van der Waals surface area (Å²) in [6.07, 6.45) is 0.102. The number of hydrogen-bond acceptors (Lipinski definition) is 2. The van der Waals surface area contributed by atoms with Crippen LogP contribution in [0.5, 0.6) is 0 Å². The molecule has 84 valence electrons. The van der Waals surface area contributed by atoms with E-state index in [-0.39, 0.29) is 24.0 Å². The predicted molar refractivity (Wildman–Crippen MR) is 58.1 cm³/mol. The quantitative estimate of drug-likeness (QED) is 0.708. The Labute approximate surface area is 91.1 Å². The molecule has 1 aliphatic heterocycles. The molecule has 1 saturated heterocycles. The number of carboxylic acid groups (broad SMARTS) is 1. The highest BCUT2D eigenvalue weighted by molar-refractivity contribution is 5.85. The van der Waals surface area contributed by atoms with Crippen LogP contribution in [0.1, 0.15) is 27.2 Å². The SMILES string of the molecule is CC(C)(C)N(C(=O)O)C1CCNC1.Cl. The predicted octanol–water partition coefficient (Wildman–Crippen LogP) is 1.55. The zero-order valence-electron chi connectivity index (χ0n) is 8.91. The first-order valence-electron chi connectivity index (χ1n) is 4.66. The van der Waals surface area contributed by atoms with Crippen LogP contribution >= 0.6 is 12.4 Å². The van der Waals surface area contributed by atoms with Crippen LogP contribution in [-0.4, -0.2) is 40.8 Å². The number of amides is 1. The van der Waals surface area contributed by atoms with E-state index < -0.39 is 6.09 Å². The number of carbonyl (C=O) groups is 1. The summed E-state index contributed by atoms with van der Waals surface area (Å²) in [7, 11) is 0. The Bertz CT molecular complexity index is 197. The van der Waals surface area contributed by atoms with Crippen molar-refractivity contribution in [2.24, 2.45) is 0 Å². The highest BCUT2D eigenvalue weighted by Gasteiger charge is 2.34. The molecule has 0 radical (unpaired) electrons. The number of rotatable bonds is 1. The summed E-state index contributed by atoms with van der Waals surface area (Å²) in [5.41, 5.74) is -0.303. The van der Waals surface area contributed by atoms with Gasteiger partial charge >= 0.3 is 6.09 Å². The lowest BCUT2D eigenvalue weighted by Crippen LogP contribution is -2.51. The van der Waals surface area contributed by atoms with Gasteiger partial charge in [0, 0.05) is 18.1 Å². The number of nitrogens with zero attached hydrogens (tertiary/aromatic N) is 1. The Kier molecular flexibility index (Phi) is 4.68. The molecule has 0 aromatic heterocycles. The minimum Gasteiger partial charge on any atom is -0.465 e. The van der Waals surface area contributed by atoms with Gasteiger partial charge in [0.15, 0.2) is 0 Å². The molecule has 0 bridgehead atoms. The maximum absolute atomic E-state index is 11.0. The van der Waals surface area contributed by atoms with Crippen molar-refractivity contribution in [3.8, 4) is 0 Å². The summed E-state index contributed by atoms with van der Waals surface area (Å²) < 4.78 is 0. The van der Waals surface area contributed by atoms with Gasteiger partial charge in [-0.3, -0.25) is 4.90 Å². The van der Waals surface area contributed by atoms with Crippen LogP contribution in [0.3, 0.4) is 0 Å². The Morgan fingerprint density at radius 2 is 2.07 bits per heavy atom. The third kappa shape index (κ3) is 3.03. The van der Waals surface area contributed by atoms with Crippen molar-refractivity contribution >= 4 is 18.5 Å². The molecule has 2 N–H and O–H groups in total. The third-order valence-electron chi connectivity index (χ3n) is 2.33. The summed E-state index contributed by atoms with van der Waals surface area (Å²) in [4.78, 5) is 12.6. The molecule has 4 nitrogen and oxygen atoms in total. The van der Waals surface area contributed by atoms with Gasteiger partial charge in [-0.2, -0.15) is 0 Å². The summed E-state index contributed by atoms with van der Waals surface area (Å²) in [5, 5.41) is 12.2. The second-order valence-corrected chi connectivity index (χ2v) is 4.47. The molecule has 1 rings (SSSR count). The van der Waals surface area contributed by atoms with Gasteiger partial charge in [0.1, 0.15) is 0 Å². The molecule has 1 unspecified atom stereocenters.